The van der Waals surface area contributed by atoms with E-state index in [1.54, 1.807) is 0 Å². The van der Waals surface area contributed by atoms with Crippen LogP contribution in [0.1, 0.15) is 0 Å². The molecule has 2 rings (SSSR count). The second-order valence-corrected chi connectivity index (χ2v) is 16.1. The fraction of sp³-hybridized carbons (Fsp3) is 0.316. The number of hydrogen-bond donors (Lipinski definition) is 0. The first-order valence-electron chi connectivity index (χ1n) is 8.23. The Hall–Kier alpha value is -1.01. The number of aromatic nitrogens is 2. The van der Waals surface area contributed by atoms with Crippen molar-refractivity contribution in [3.63, 3.8) is 0 Å². The monoisotopic (exact) mass is 553 g/mol. The second kappa shape index (κ2) is 9.08. The maximum atomic E-state index is 5.97. The molecule has 0 aliphatic heterocycles. The van der Waals surface area contributed by atoms with Crippen LogP contribution < -0.4 is 0 Å². The molecule has 0 bridgehead atoms. The van der Waals surface area contributed by atoms with E-state index < -0.39 is 16.6 Å². The fourth-order valence-corrected chi connectivity index (χ4v) is 8.80. The van der Waals surface area contributed by atoms with Crippen LogP contribution in [-0.2, 0) is 37.6 Å². The molecule has 0 fully saturated rings. The molecule has 0 radical (unpaired) electrons. The Morgan fingerprint density at radius 1 is 0.960 bits per heavy atom. The molecule has 0 atom stereocenters. The molecular weight excluding hydrogens is 523 g/mol. The van der Waals surface area contributed by atoms with E-state index in [1.165, 1.54) is 15.1 Å². The van der Waals surface area contributed by atoms with Gasteiger partial charge in [0.05, 0.1) is 0 Å². The van der Waals surface area contributed by atoms with Gasteiger partial charge in [-0.2, -0.15) is 0 Å². The van der Waals surface area contributed by atoms with E-state index in [1.807, 2.05) is 17.5 Å². The zero-order chi connectivity index (χ0) is 19.3. The molecule has 1 aromatic carbocycles. The van der Waals surface area contributed by atoms with Crippen molar-refractivity contribution in [2.45, 2.75) is 26.2 Å². The van der Waals surface area contributed by atoms with Crippen LogP contribution in [0.2, 0.25) is 26.2 Å². The summed E-state index contributed by atoms with van der Waals surface area (Å²) in [7, 11) is 0.994. The van der Waals surface area contributed by atoms with Gasteiger partial charge in [-0.15, -0.1) is 13.2 Å². The summed E-state index contributed by atoms with van der Waals surface area (Å²) in [5.74, 6) is 0. The van der Waals surface area contributed by atoms with Crippen molar-refractivity contribution in [2.24, 2.45) is 14.1 Å². The van der Waals surface area contributed by atoms with Gasteiger partial charge in [-0.1, -0.05) is 11.4 Å². The van der Waals surface area contributed by atoms with E-state index in [4.69, 9.17) is 4.12 Å². The number of nitrogens with zero attached hydrogens (tertiary/aromatic N) is 2. The zero-order valence-electron chi connectivity index (χ0n) is 16.2. The van der Waals surface area contributed by atoms with Gasteiger partial charge < -0.3 is 4.12 Å². The molecule has 0 N–H and O–H groups in total. The Kier molecular flexibility index (Phi) is 8.00. The van der Waals surface area contributed by atoms with Crippen LogP contribution in [0.4, 0.5) is 0 Å². The summed E-state index contributed by atoms with van der Waals surface area (Å²) < 4.78 is 11.5. The molecular formula is C19H30N2OPtSi2. The van der Waals surface area contributed by atoms with Crippen molar-refractivity contribution in [3.8, 4) is 11.3 Å². The zero-order valence-corrected chi connectivity index (χ0v) is 20.4. The van der Waals surface area contributed by atoms with Crippen LogP contribution in [0.3, 0.4) is 0 Å². The third-order valence-electron chi connectivity index (χ3n) is 3.78. The Bertz CT molecular complexity index is 758. The van der Waals surface area contributed by atoms with Crippen molar-refractivity contribution >= 4 is 16.6 Å². The first-order chi connectivity index (χ1) is 11.5. The number of benzene rings is 1. The van der Waals surface area contributed by atoms with E-state index in [-0.39, 0.29) is 0 Å². The summed E-state index contributed by atoms with van der Waals surface area (Å²) in [6, 6.07) is 10.4. The molecule has 6 heteroatoms. The van der Waals surface area contributed by atoms with Gasteiger partial charge in [-0.25, -0.2) is 0 Å². The molecule has 2 aromatic rings. The Morgan fingerprint density at radius 2 is 1.44 bits per heavy atom. The number of hydrogen-bond acceptors (Lipinski definition) is 1. The van der Waals surface area contributed by atoms with Crippen LogP contribution >= 0.6 is 0 Å². The van der Waals surface area contributed by atoms with Gasteiger partial charge in [0.1, 0.15) is 0 Å². The molecule has 0 saturated heterocycles. The molecule has 0 amide bonds. The van der Waals surface area contributed by atoms with Crippen molar-refractivity contribution in [1.29, 1.82) is 0 Å². The molecule has 0 unspecified atom stereocenters. The molecule has 0 saturated carbocycles. The molecule has 25 heavy (non-hydrogen) atoms. The summed E-state index contributed by atoms with van der Waals surface area (Å²) in [6.45, 7) is 16.2. The van der Waals surface area contributed by atoms with Crippen molar-refractivity contribution in [2.75, 3.05) is 0 Å². The van der Waals surface area contributed by atoms with Gasteiger partial charge in [0.2, 0.25) is 0 Å². The second-order valence-electron chi connectivity index (χ2n) is 7.01. The predicted molar refractivity (Wildman–Crippen MR) is 110 cm³/mol. The summed E-state index contributed by atoms with van der Waals surface area (Å²) in [4.78, 5) is 0. The number of imidazole rings is 1. The van der Waals surface area contributed by atoms with Gasteiger partial charge in [0.25, 0.3) is 0 Å². The first-order valence-corrected chi connectivity index (χ1v) is 15.3. The van der Waals surface area contributed by atoms with Crippen LogP contribution in [0.15, 0.2) is 61.1 Å². The Balaban J connectivity index is 0.000000260. The number of rotatable bonds is 5. The molecule has 0 spiro atoms. The van der Waals surface area contributed by atoms with Crippen molar-refractivity contribution in [3.05, 3.63) is 64.9 Å². The normalized spacial score (nSPS) is 11.5. The molecule has 0 aliphatic rings. The number of aryl methyl sites for hydroxylation is 1. The van der Waals surface area contributed by atoms with Crippen molar-refractivity contribution in [1.82, 2.24) is 9.13 Å². The molecule has 0 aliphatic carbocycles. The van der Waals surface area contributed by atoms with E-state index in [0.29, 0.717) is 0 Å². The van der Waals surface area contributed by atoms with Crippen LogP contribution in [-0.4, -0.2) is 25.8 Å². The van der Waals surface area contributed by atoms with Crippen LogP contribution in [0.25, 0.3) is 11.3 Å². The van der Waals surface area contributed by atoms with E-state index in [9.17, 15) is 0 Å². The van der Waals surface area contributed by atoms with Crippen LogP contribution in [0, 0.1) is 3.80 Å². The summed E-state index contributed by atoms with van der Waals surface area (Å²) in [5.41, 5.74) is 6.43. The topological polar surface area (TPSA) is 19.1 Å². The molecule has 140 valence electrons. The van der Waals surface area contributed by atoms with Gasteiger partial charge >= 0.3 is 94.2 Å². The summed E-state index contributed by atoms with van der Waals surface area (Å²) >= 11 is 2.33. The Labute approximate surface area is 165 Å². The van der Waals surface area contributed by atoms with Crippen molar-refractivity contribution < 1.29 is 23.5 Å². The Morgan fingerprint density at radius 3 is 1.80 bits per heavy atom. The van der Waals surface area contributed by atoms with Gasteiger partial charge in [-0.3, -0.25) is 0 Å². The molecule has 1 aromatic heterocycles. The third kappa shape index (κ3) is 6.66. The third-order valence-corrected chi connectivity index (χ3v) is 11.5. The summed E-state index contributed by atoms with van der Waals surface area (Å²) in [6.07, 6.45) is 2.15. The van der Waals surface area contributed by atoms with Gasteiger partial charge in [0, 0.05) is 0 Å². The first kappa shape index (κ1) is 22.0. The minimum absolute atomic E-state index is 1.23. The standard InChI is InChI=1S/C11H12N2.C8H18OSi2.Pt/c1-12-8-11(13(2)9-12)10-6-4-3-5-7-10;1-7-10(3,4)9-11(5,6)8-2;/h3-8H,1-2H3;7-8H,1-2H2,3-6H3;. The molecule has 1 heterocycles. The average molecular weight is 554 g/mol. The summed E-state index contributed by atoms with van der Waals surface area (Å²) in [5, 5.41) is 0. The van der Waals surface area contributed by atoms with Gasteiger partial charge in [0.15, 0.2) is 16.6 Å². The SMILES string of the molecule is C=C[Si](C)(C)O[Si](C)(C)C=C.Cn1cc(-c2ccccc2)n(C)[c]1=[Pt]. The average Bonchev–Trinajstić information content (AvgIpc) is 2.83. The van der Waals surface area contributed by atoms with E-state index >= 15 is 0 Å². The quantitative estimate of drug-likeness (QED) is 0.479. The van der Waals surface area contributed by atoms with Gasteiger partial charge in [-0.05, 0) is 26.2 Å². The molecule has 3 nitrogen and oxygen atoms in total. The van der Waals surface area contributed by atoms with Crippen LogP contribution in [0.5, 0.6) is 0 Å². The van der Waals surface area contributed by atoms with E-state index in [0.717, 1.165) is 0 Å². The maximum absolute atomic E-state index is 5.97. The fourth-order valence-electron chi connectivity index (χ4n) is 2.29. The predicted octanol–water partition coefficient (Wildman–Crippen LogP) is 4.97. The minimum atomic E-state index is -1.58. The van der Waals surface area contributed by atoms with E-state index in [2.05, 4.69) is 112 Å².